The molecule has 0 bridgehead atoms. The molecular formula is C18H30N4O4. The molecule has 8 heteroatoms. The van der Waals surface area contributed by atoms with Gasteiger partial charge in [0.2, 0.25) is 5.91 Å². The van der Waals surface area contributed by atoms with Gasteiger partial charge in [0.05, 0.1) is 6.61 Å². The van der Waals surface area contributed by atoms with Crippen molar-refractivity contribution in [1.82, 2.24) is 15.5 Å². The van der Waals surface area contributed by atoms with E-state index in [2.05, 4.69) is 22.2 Å². The first kappa shape index (κ1) is 21.7. The molecule has 146 valence electrons. The van der Waals surface area contributed by atoms with Crippen molar-refractivity contribution in [2.45, 2.75) is 52.1 Å². The third-order valence-electron chi connectivity index (χ3n) is 4.12. The van der Waals surface area contributed by atoms with Crippen LogP contribution < -0.4 is 10.6 Å². The molecule has 2 N–H and O–H groups in total. The molecule has 1 aliphatic rings. The first-order valence-corrected chi connectivity index (χ1v) is 9.17. The molecule has 1 saturated heterocycles. The van der Waals surface area contributed by atoms with Crippen LogP contribution in [0.15, 0.2) is 17.6 Å². The van der Waals surface area contributed by atoms with Crippen molar-refractivity contribution >= 4 is 23.6 Å². The molecule has 0 saturated carbocycles. The van der Waals surface area contributed by atoms with E-state index < -0.39 is 6.04 Å². The van der Waals surface area contributed by atoms with Crippen LogP contribution in [0.2, 0.25) is 0 Å². The average molecular weight is 366 g/mol. The maximum absolute atomic E-state index is 12.4. The van der Waals surface area contributed by atoms with E-state index in [4.69, 9.17) is 4.74 Å². The van der Waals surface area contributed by atoms with Crippen molar-refractivity contribution in [1.29, 1.82) is 0 Å². The fourth-order valence-electron chi connectivity index (χ4n) is 2.68. The van der Waals surface area contributed by atoms with E-state index in [1.54, 1.807) is 11.8 Å². The Morgan fingerprint density at radius 1 is 1.27 bits per heavy atom. The monoisotopic (exact) mass is 366 g/mol. The summed E-state index contributed by atoms with van der Waals surface area (Å²) in [6.45, 7) is 11.0. The summed E-state index contributed by atoms with van der Waals surface area (Å²) in [5, 5.41) is 5.62. The van der Waals surface area contributed by atoms with Crippen molar-refractivity contribution in [3.8, 4) is 0 Å². The fourth-order valence-corrected chi connectivity index (χ4v) is 2.68. The van der Waals surface area contributed by atoms with Crippen LogP contribution in [-0.4, -0.2) is 66.8 Å². The Morgan fingerprint density at radius 2 is 1.92 bits per heavy atom. The molecule has 3 amide bonds. The Morgan fingerprint density at radius 3 is 2.42 bits per heavy atom. The summed E-state index contributed by atoms with van der Waals surface area (Å²) >= 11 is 0. The Bertz CT molecular complexity index is 539. The van der Waals surface area contributed by atoms with Gasteiger partial charge < -0.3 is 20.3 Å². The number of aliphatic imine (C=N–C) groups is 1. The van der Waals surface area contributed by atoms with Gasteiger partial charge in [-0.1, -0.05) is 13.5 Å². The number of hydrogen-bond acceptors (Lipinski definition) is 5. The summed E-state index contributed by atoms with van der Waals surface area (Å²) in [6.07, 6.45) is 2.82. The highest BCUT2D eigenvalue weighted by Crippen LogP contribution is 2.12. The van der Waals surface area contributed by atoms with Gasteiger partial charge in [-0.25, -0.2) is 4.79 Å². The van der Waals surface area contributed by atoms with Gasteiger partial charge in [0.25, 0.3) is 5.91 Å². The van der Waals surface area contributed by atoms with Gasteiger partial charge in [0, 0.05) is 25.7 Å². The van der Waals surface area contributed by atoms with Gasteiger partial charge in [-0.3, -0.25) is 14.6 Å². The second-order valence-corrected chi connectivity index (χ2v) is 5.97. The highest BCUT2D eigenvalue weighted by molar-refractivity contribution is 6.43. The minimum atomic E-state index is -0.612. The van der Waals surface area contributed by atoms with Crippen molar-refractivity contribution < 1.29 is 19.1 Å². The van der Waals surface area contributed by atoms with Crippen LogP contribution >= 0.6 is 0 Å². The number of hydrogen-bond donors (Lipinski definition) is 2. The summed E-state index contributed by atoms with van der Waals surface area (Å²) < 4.78 is 4.98. The first-order valence-electron chi connectivity index (χ1n) is 9.17. The number of ether oxygens (including phenoxy) is 1. The molecule has 0 radical (unpaired) electrons. The summed E-state index contributed by atoms with van der Waals surface area (Å²) in [4.78, 5) is 42.0. The topological polar surface area (TPSA) is 100 Å². The van der Waals surface area contributed by atoms with E-state index in [-0.39, 0.29) is 29.7 Å². The number of piperidine rings is 1. The van der Waals surface area contributed by atoms with Crippen LogP contribution in [0.1, 0.15) is 40.0 Å². The minimum Gasteiger partial charge on any atom is -0.450 e. The fraction of sp³-hybridized carbons (Fsp3) is 0.667. The van der Waals surface area contributed by atoms with Crippen LogP contribution in [0.3, 0.4) is 0 Å². The smallest absolute Gasteiger partial charge is 0.409 e. The third kappa shape index (κ3) is 6.50. The zero-order valence-corrected chi connectivity index (χ0v) is 15.9. The van der Waals surface area contributed by atoms with Crippen LogP contribution in [0.4, 0.5) is 4.79 Å². The maximum atomic E-state index is 12.4. The lowest BCUT2D eigenvalue weighted by atomic mass is 10.1. The number of carbonyl (C=O) groups is 3. The zero-order chi connectivity index (χ0) is 19.5. The number of carbonyl (C=O) groups excluding carboxylic acids is 3. The molecule has 1 rings (SSSR count). The molecule has 0 aliphatic carbocycles. The van der Waals surface area contributed by atoms with E-state index in [9.17, 15) is 14.4 Å². The molecule has 0 aromatic heterocycles. The first-order chi connectivity index (χ1) is 12.5. The maximum Gasteiger partial charge on any atom is 0.409 e. The molecule has 0 aromatic carbocycles. The molecule has 1 heterocycles. The SMILES string of the molecule is C=CC(=NC(CC)C(=O)NCC)C(=O)NC1CCN(C(=O)OCC)CC1. The molecule has 8 nitrogen and oxygen atoms in total. The van der Waals surface area contributed by atoms with Gasteiger partial charge in [0.1, 0.15) is 11.8 Å². The van der Waals surface area contributed by atoms with Crippen LogP contribution in [0, 0.1) is 0 Å². The van der Waals surface area contributed by atoms with Crippen molar-refractivity contribution in [2.24, 2.45) is 4.99 Å². The van der Waals surface area contributed by atoms with Gasteiger partial charge in [-0.05, 0) is 39.2 Å². The molecule has 0 spiro atoms. The number of likely N-dealkylation sites (tertiary alicyclic amines) is 1. The quantitative estimate of drug-likeness (QED) is 0.632. The Labute approximate surface area is 155 Å². The van der Waals surface area contributed by atoms with Gasteiger partial charge in [-0.15, -0.1) is 0 Å². The van der Waals surface area contributed by atoms with Crippen LogP contribution in [0.25, 0.3) is 0 Å². The lowest BCUT2D eigenvalue weighted by Gasteiger charge is -2.31. The van der Waals surface area contributed by atoms with Gasteiger partial charge >= 0.3 is 6.09 Å². The summed E-state index contributed by atoms with van der Waals surface area (Å²) in [5.74, 6) is -0.553. The number of amides is 3. The second kappa shape index (κ2) is 11.3. The summed E-state index contributed by atoms with van der Waals surface area (Å²) in [5.41, 5.74) is 0.149. The number of nitrogens with zero attached hydrogens (tertiary/aromatic N) is 2. The Hall–Kier alpha value is -2.38. The molecule has 1 aliphatic heterocycles. The van der Waals surface area contributed by atoms with E-state index in [0.29, 0.717) is 45.5 Å². The average Bonchev–Trinajstić information content (AvgIpc) is 2.63. The normalized spacial score (nSPS) is 16.6. The standard InChI is InChI=1S/C18H30N4O4/c1-5-14(16(23)19-7-3)21-15(6-2)17(24)20-13-9-11-22(12-10-13)18(25)26-8-4/h6,13-14H,2,5,7-12H2,1,3-4H3,(H,19,23)(H,20,24). The second-order valence-electron chi connectivity index (χ2n) is 5.97. The van der Waals surface area contributed by atoms with E-state index in [1.807, 2.05) is 13.8 Å². The van der Waals surface area contributed by atoms with E-state index in [0.717, 1.165) is 0 Å². The largest absolute Gasteiger partial charge is 0.450 e. The van der Waals surface area contributed by atoms with E-state index >= 15 is 0 Å². The minimum absolute atomic E-state index is 0.0529. The molecular weight excluding hydrogens is 336 g/mol. The molecule has 1 atom stereocenters. The zero-order valence-electron chi connectivity index (χ0n) is 15.9. The van der Waals surface area contributed by atoms with Gasteiger partial charge in [0.15, 0.2) is 0 Å². The molecule has 26 heavy (non-hydrogen) atoms. The van der Waals surface area contributed by atoms with Crippen molar-refractivity contribution in [3.05, 3.63) is 12.7 Å². The van der Waals surface area contributed by atoms with Gasteiger partial charge in [-0.2, -0.15) is 0 Å². The summed E-state index contributed by atoms with van der Waals surface area (Å²) in [7, 11) is 0. The summed E-state index contributed by atoms with van der Waals surface area (Å²) in [6, 6.07) is -0.665. The Kier molecular flexibility index (Phi) is 9.40. The molecule has 0 aromatic rings. The van der Waals surface area contributed by atoms with E-state index in [1.165, 1.54) is 6.08 Å². The van der Waals surface area contributed by atoms with Crippen molar-refractivity contribution in [2.75, 3.05) is 26.2 Å². The molecule has 1 fully saturated rings. The number of likely N-dealkylation sites (N-methyl/N-ethyl adjacent to an activating group) is 1. The van der Waals surface area contributed by atoms with Crippen LogP contribution in [0.5, 0.6) is 0 Å². The van der Waals surface area contributed by atoms with Crippen LogP contribution in [-0.2, 0) is 14.3 Å². The highest BCUT2D eigenvalue weighted by Gasteiger charge is 2.25. The Balaban J connectivity index is 2.62. The third-order valence-corrected chi connectivity index (χ3v) is 4.12. The number of rotatable bonds is 8. The predicted molar refractivity (Wildman–Crippen MR) is 100 cm³/mol. The molecule has 1 unspecified atom stereocenters. The highest BCUT2D eigenvalue weighted by atomic mass is 16.6. The lowest BCUT2D eigenvalue weighted by molar-refractivity contribution is -0.122. The predicted octanol–water partition coefficient (Wildman–Crippen LogP) is 1.27. The van der Waals surface area contributed by atoms with Crippen molar-refractivity contribution in [3.63, 3.8) is 0 Å². The number of nitrogens with one attached hydrogen (secondary N) is 2. The lowest BCUT2D eigenvalue weighted by Crippen LogP contribution is -2.48.